The highest BCUT2D eigenvalue weighted by Crippen LogP contribution is 2.33. The first-order chi connectivity index (χ1) is 6.97. The molecule has 1 saturated carbocycles. The highest BCUT2D eigenvalue weighted by atomic mass is 79.9. The molecule has 1 aromatic carbocycles. The summed E-state index contributed by atoms with van der Waals surface area (Å²) < 4.78 is 28.2. The van der Waals surface area contributed by atoms with E-state index in [1.165, 1.54) is 12.1 Å². The Balaban J connectivity index is 2.29. The number of rotatable bonds is 3. The van der Waals surface area contributed by atoms with Crippen LogP contribution in [0.25, 0.3) is 0 Å². The molecule has 0 saturated heterocycles. The number of primary sulfonamides is 1. The van der Waals surface area contributed by atoms with Crippen LogP contribution in [0.2, 0.25) is 0 Å². The van der Waals surface area contributed by atoms with Crippen molar-refractivity contribution in [1.29, 1.82) is 0 Å². The molecule has 1 aliphatic carbocycles. The predicted molar refractivity (Wildman–Crippen MR) is 59.2 cm³/mol. The smallest absolute Gasteiger partial charge is 0.238 e. The van der Waals surface area contributed by atoms with Gasteiger partial charge in [0.05, 0.1) is 15.5 Å². The van der Waals surface area contributed by atoms with Crippen LogP contribution in [0.1, 0.15) is 12.8 Å². The number of hydrogen-bond acceptors (Lipinski definition) is 3. The van der Waals surface area contributed by atoms with E-state index in [9.17, 15) is 8.42 Å². The van der Waals surface area contributed by atoms with E-state index in [1.807, 2.05) is 0 Å². The second kappa shape index (κ2) is 3.77. The van der Waals surface area contributed by atoms with E-state index < -0.39 is 10.0 Å². The second-order valence-electron chi connectivity index (χ2n) is 3.45. The number of ether oxygens (including phenoxy) is 1. The van der Waals surface area contributed by atoms with Gasteiger partial charge in [0, 0.05) is 0 Å². The number of nitrogens with two attached hydrogens (primary N) is 1. The van der Waals surface area contributed by atoms with Crippen molar-refractivity contribution in [3.8, 4) is 5.75 Å². The van der Waals surface area contributed by atoms with Gasteiger partial charge >= 0.3 is 0 Å². The lowest BCUT2D eigenvalue weighted by Crippen LogP contribution is -2.12. The van der Waals surface area contributed by atoms with Crippen LogP contribution in [0.5, 0.6) is 5.75 Å². The molecule has 2 rings (SSSR count). The van der Waals surface area contributed by atoms with E-state index in [0.717, 1.165) is 12.8 Å². The van der Waals surface area contributed by atoms with Gasteiger partial charge in [-0.2, -0.15) is 0 Å². The van der Waals surface area contributed by atoms with E-state index in [-0.39, 0.29) is 11.0 Å². The molecule has 0 aromatic heterocycles. The topological polar surface area (TPSA) is 69.4 Å². The van der Waals surface area contributed by atoms with Crippen LogP contribution in [0.15, 0.2) is 27.6 Å². The average Bonchev–Trinajstić information content (AvgIpc) is 2.90. The van der Waals surface area contributed by atoms with Gasteiger partial charge in [-0.3, -0.25) is 0 Å². The summed E-state index contributed by atoms with van der Waals surface area (Å²) in [6.45, 7) is 0. The van der Waals surface area contributed by atoms with E-state index in [2.05, 4.69) is 15.9 Å². The fourth-order valence-corrected chi connectivity index (χ4v) is 2.28. The SMILES string of the molecule is NS(=O)(=O)c1ccc(OC2CC2)c(Br)c1. The zero-order valence-electron chi connectivity index (χ0n) is 7.81. The zero-order valence-corrected chi connectivity index (χ0v) is 10.2. The molecule has 0 aliphatic heterocycles. The first-order valence-electron chi connectivity index (χ1n) is 4.46. The van der Waals surface area contributed by atoms with Gasteiger partial charge in [0.1, 0.15) is 5.75 Å². The Kier molecular flexibility index (Phi) is 2.74. The van der Waals surface area contributed by atoms with Crippen LogP contribution >= 0.6 is 15.9 Å². The first kappa shape index (κ1) is 10.9. The van der Waals surface area contributed by atoms with E-state index >= 15 is 0 Å². The fourth-order valence-electron chi connectivity index (χ4n) is 1.12. The number of hydrogen-bond donors (Lipinski definition) is 1. The zero-order chi connectivity index (χ0) is 11.1. The van der Waals surface area contributed by atoms with Crippen LogP contribution < -0.4 is 9.88 Å². The maximum absolute atomic E-state index is 11.0. The normalized spacial score (nSPS) is 16.4. The molecule has 0 bridgehead atoms. The molecule has 15 heavy (non-hydrogen) atoms. The maximum Gasteiger partial charge on any atom is 0.238 e. The highest BCUT2D eigenvalue weighted by Gasteiger charge is 2.24. The molecule has 1 aliphatic rings. The quantitative estimate of drug-likeness (QED) is 0.920. The van der Waals surface area contributed by atoms with Crippen molar-refractivity contribution in [2.45, 2.75) is 23.8 Å². The van der Waals surface area contributed by atoms with Crippen molar-refractivity contribution in [2.24, 2.45) is 5.14 Å². The Morgan fingerprint density at radius 3 is 2.53 bits per heavy atom. The molecule has 0 atom stereocenters. The van der Waals surface area contributed by atoms with Gasteiger partial charge in [0.2, 0.25) is 10.0 Å². The number of sulfonamides is 1. The fraction of sp³-hybridized carbons (Fsp3) is 0.333. The lowest BCUT2D eigenvalue weighted by molar-refractivity contribution is 0.301. The molecule has 0 radical (unpaired) electrons. The van der Waals surface area contributed by atoms with Gasteiger partial charge < -0.3 is 4.74 Å². The van der Waals surface area contributed by atoms with Gasteiger partial charge in [-0.25, -0.2) is 13.6 Å². The van der Waals surface area contributed by atoms with Gasteiger partial charge in [0.25, 0.3) is 0 Å². The summed E-state index contributed by atoms with van der Waals surface area (Å²) in [4.78, 5) is 0.0810. The Bertz CT molecular complexity index is 482. The van der Waals surface area contributed by atoms with Crippen LogP contribution in [-0.2, 0) is 10.0 Å². The summed E-state index contributed by atoms with van der Waals surface area (Å²) in [7, 11) is -3.64. The summed E-state index contributed by atoms with van der Waals surface area (Å²) in [6, 6.07) is 4.51. The summed E-state index contributed by atoms with van der Waals surface area (Å²) in [5, 5.41) is 5.00. The predicted octanol–water partition coefficient (Wildman–Crippen LogP) is 1.64. The van der Waals surface area contributed by atoms with E-state index in [0.29, 0.717) is 10.2 Å². The average molecular weight is 292 g/mol. The standard InChI is InChI=1S/C9H10BrNO3S/c10-8-5-7(15(11,12)13)3-4-9(8)14-6-1-2-6/h3-6H,1-2H2,(H2,11,12,13). The molecule has 0 unspecified atom stereocenters. The third-order valence-corrected chi connectivity index (χ3v) is 3.58. The van der Waals surface area contributed by atoms with Gasteiger partial charge in [-0.1, -0.05) is 0 Å². The molecule has 82 valence electrons. The minimum Gasteiger partial charge on any atom is -0.489 e. The molecule has 1 fully saturated rings. The molecule has 0 heterocycles. The van der Waals surface area contributed by atoms with E-state index in [1.54, 1.807) is 6.07 Å². The molecule has 4 nitrogen and oxygen atoms in total. The largest absolute Gasteiger partial charge is 0.489 e. The van der Waals surface area contributed by atoms with Crippen molar-refractivity contribution in [3.63, 3.8) is 0 Å². The van der Waals surface area contributed by atoms with Crippen molar-refractivity contribution in [3.05, 3.63) is 22.7 Å². The minimum atomic E-state index is -3.64. The Labute approximate surface area is 96.6 Å². The third kappa shape index (κ3) is 2.70. The van der Waals surface area contributed by atoms with Gasteiger partial charge in [-0.05, 0) is 47.0 Å². The van der Waals surface area contributed by atoms with Gasteiger partial charge in [0.15, 0.2) is 0 Å². The van der Waals surface area contributed by atoms with E-state index in [4.69, 9.17) is 9.88 Å². The molecule has 1 aromatic rings. The molecular weight excluding hydrogens is 282 g/mol. The second-order valence-corrected chi connectivity index (χ2v) is 5.87. The van der Waals surface area contributed by atoms with Crippen LogP contribution in [0, 0.1) is 0 Å². The third-order valence-electron chi connectivity index (χ3n) is 2.05. The molecular formula is C9H10BrNO3S. The first-order valence-corrected chi connectivity index (χ1v) is 6.80. The van der Waals surface area contributed by atoms with Gasteiger partial charge in [-0.15, -0.1) is 0 Å². The maximum atomic E-state index is 11.0. The minimum absolute atomic E-state index is 0.0810. The molecule has 2 N–H and O–H groups in total. The lowest BCUT2D eigenvalue weighted by atomic mass is 10.3. The lowest BCUT2D eigenvalue weighted by Gasteiger charge is -2.07. The Morgan fingerprint density at radius 1 is 1.40 bits per heavy atom. The van der Waals surface area contributed by atoms with Crippen LogP contribution in [-0.4, -0.2) is 14.5 Å². The number of benzene rings is 1. The van der Waals surface area contributed by atoms with Crippen molar-refractivity contribution >= 4 is 26.0 Å². The molecule has 6 heteroatoms. The van der Waals surface area contributed by atoms with Crippen molar-refractivity contribution < 1.29 is 13.2 Å². The molecule has 0 amide bonds. The number of halogens is 1. The van der Waals surface area contributed by atoms with Crippen LogP contribution in [0.4, 0.5) is 0 Å². The van der Waals surface area contributed by atoms with Crippen molar-refractivity contribution in [1.82, 2.24) is 0 Å². The Hall–Kier alpha value is -0.590. The monoisotopic (exact) mass is 291 g/mol. The summed E-state index contributed by atoms with van der Waals surface area (Å²) in [6.07, 6.45) is 2.40. The molecule has 0 spiro atoms. The summed E-state index contributed by atoms with van der Waals surface area (Å²) in [5.41, 5.74) is 0. The summed E-state index contributed by atoms with van der Waals surface area (Å²) >= 11 is 3.25. The van der Waals surface area contributed by atoms with Crippen LogP contribution in [0.3, 0.4) is 0 Å². The summed E-state index contributed by atoms with van der Waals surface area (Å²) in [5.74, 6) is 0.657. The van der Waals surface area contributed by atoms with Crippen molar-refractivity contribution in [2.75, 3.05) is 0 Å². The highest BCUT2D eigenvalue weighted by molar-refractivity contribution is 9.10. The Morgan fingerprint density at radius 2 is 2.07 bits per heavy atom.